The van der Waals surface area contributed by atoms with E-state index >= 15 is 0 Å². The number of carboxylic acids is 1. The van der Waals surface area contributed by atoms with Crippen molar-refractivity contribution in [2.75, 3.05) is 13.1 Å². The molecule has 1 saturated heterocycles. The van der Waals surface area contributed by atoms with Gasteiger partial charge in [-0.3, -0.25) is 4.79 Å². The van der Waals surface area contributed by atoms with Gasteiger partial charge in [-0.05, 0) is 24.0 Å². The van der Waals surface area contributed by atoms with E-state index in [1.165, 1.54) is 4.90 Å². The van der Waals surface area contributed by atoms with Gasteiger partial charge in [0.1, 0.15) is 0 Å². The summed E-state index contributed by atoms with van der Waals surface area (Å²) in [6.07, 6.45) is 1.45. The van der Waals surface area contributed by atoms with Crippen LogP contribution in [0.3, 0.4) is 0 Å². The summed E-state index contributed by atoms with van der Waals surface area (Å²) in [7, 11) is 0. The summed E-state index contributed by atoms with van der Waals surface area (Å²) in [5, 5.41) is 8.88. The lowest BCUT2D eigenvalue weighted by Gasteiger charge is -2.21. The van der Waals surface area contributed by atoms with Crippen molar-refractivity contribution in [1.82, 2.24) is 4.90 Å². The maximum atomic E-state index is 14.0. The lowest BCUT2D eigenvalue weighted by Crippen LogP contribution is -2.40. The van der Waals surface area contributed by atoms with Crippen LogP contribution in [0.2, 0.25) is 0 Å². The SMILES string of the molecule is O=C(C1CCc2ccccc21)N1CCC(F)(C(=O)O)C1. The molecule has 106 valence electrons. The van der Waals surface area contributed by atoms with Crippen LogP contribution in [0.25, 0.3) is 0 Å². The third-order valence-electron chi connectivity index (χ3n) is 4.35. The van der Waals surface area contributed by atoms with Crippen molar-refractivity contribution >= 4 is 11.9 Å². The van der Waals surface area contributed by atoms with Crippen LogP contribution in [0.4, 0.5) is 4.39 Å². The molecule has 0 radical (unpaired) electrons. The van der Waals surface area contributed by atoms with E-state index in [1.54, 1.807) is 0 Å². The van der Waals surface area contributed by atoms with Crippen molar-refractivity contribution in [1.29, 1.82) is 0 Å². The Labute approximate surface area is 116 Å². The lowest BCUT2D eigenvalue weighted by atomic mass is 10.00. The number of aryl methyl sites for hydroxylation is 1. The number of carboxylic acid groups (broad SMARTS) is 1. The van der Waals surface area contributed by atoms with E-state index in [1.807, 2.05) is 24.3 Å². The molecule has 0 aromatic heterocycles. The second-order valence-electron chi connectivity index (χ2n) is 5.57. The molecule has 1 heterocycles. The Balaban J connectivity index is 1.77. The molecule has 20 heavy (non-hydrogen) atoms. The molecular weight excluding hydrogens is 261 g/mol. The fourth-order valence-electron chi connectivity index (χ4n) is 3.17. The monoisotopic (exact) mass is 277 g/mol. The maximum absolute atomic E-state index is 14.0. The largest absolute Gasteiger partial charge is 0.479 e. The average molecular weight is 277 g/mol. The normalized spacial score (nSPS) is 28.4. The molecule has 1 fully saturated rings. The Kier molecular flexibility index (Phi) is 3.00. The Morgan fingerprint density at radius 3 is 2.80 bits per heavy atom. The summed E-state index contributed by atoms with van der Waals surface area (Å²) < 4.78 is 14.0. The fraction of sp³-hybridized carbons (Fsp3) is 0.467. The van der Waals surface area contributed by atoms with Crippen LogP contribution in [-0.4, -0.2) is 40.6 Å². The molecule has 0 saturated carbocycles. The number of fused-ring (bicyclic) bond motifs is 1. The van der Waals surface area contributed by atoms with E-state index < -0.39 is 11.6 Å². The quantitative estimate of drug-likeness (QED) is 0.896. The Morgan fingerprint density at radius 2 is 2.10 bits per heavy atom. The number of halogens is 1. The van der Waals surface area contributed by atoms with Crippen LogP contribution in [-0.2, 0) is 16.0 Å². The number of hydrogen-bond acceptors (Lipinski definition) is 2. The topological polar surface area (TPSA) is 57.6 Å². The van der Waals surface area contributed by atoms with Crippen molar-refractivity contribution in [2.45, 2.75) is 30.8 Å². The van der Waals surface area contributed by atoms with Crippen molar-refractivity contribution < 1.29 is 19.1 Å². The highest BCUT2D eigenvalue weighted by Gasteiger charge is 2.48. The van der Waals surface area contributed by atoms with Gasteiger partial charge in [0.2, 0.25) is 11.6 Å². The lowest BCUT2D eigenvalue weighted by molar-refractivity contribution is -0.150. The first-order valence-corrected chi connectivity index (χ1v) is 6.80. The zero-order valence-electron chi connectivity index (χ0n) is 11.0. The van der Waals surface area contributed by atoms with E-state index in [-0.39, 0.29) is 31.3 Å². The minimum absolute atomic E-state index is 0.123. The van der Waals surface area contributed by atoms with Gasteiger partial charge in [-0.25, -0.2) is 9.18 Å². The second kappa shape index (κ2) is 4.58. The third kappa shape index (κ3) is 1.97. The molecule has 5 heteroatoms. The summed E-state index contributed by atoms with van der Waals surface area (Å²) in [6, 6.07) is 7.77. The zero-order valence-corrected chi connectivity index (χ0v) is 11.0. The molecule has 2 unspecified atom stereocenters. The van der Waals surface area contributed by atoms with Gasteiger partial charge in [-0.2, -0.15) is 0 Å². The first kappa shape index (κ1) is 13.1. The minimum atomic E-state index is -2.28. The van der Waals surface area contributed by atoms with Crippen LogP contribution in [0.5, 0.6) is 0 Å². The molecule has 2 aliphatic rings. The van der Waals surface area contributed by atoms with Crippen molar-refractivity contribution in [2.24, 2.45) is 0 Å². The summed E-state index contributed by atoms with van der Waals surface area (Å²) in [4.78, 5) is 24.7. The number of alkyl halides is 1. The van der Waals surface area contributed by atoms with Gasteiger partial charge in [0.15, 0.2) is 0 Å². The molecule has 1 N–H and O–H groups in total. The molecule has 4 nitrogen and oxygen atoms in total. The summed E-state index contributed by atoms with van der Waals surface area (Å²) in [5.74, 6) is -1.86. The smallest absolute Gasteiger partial charge is 0.343 e. The Hall–Kier alpha value is -1.91. The van der Waals surface area contributed by atoms with Crippen molar-refractivity contribution in [3.05, 3.63) is 35.4 Å². The van der Waals surface area contributed by atoms with Gasteiger partial charge in [0.05, 0.1) is 12.5 Å². The standard InChI is InChI=1S/C15H16FNO3/c16-15(14(19)20)7-8-17(9-15)13(18)12-6-5-10-3-1-2-4-11(10)12/h1-4,12H,5-9H2,(H,19,20). The molecule has 1 aliphatic carbocycles. The van der Waals surface area contributed by atoms with Gasteiger partial charge in [-0.1, -0.05) is 24.3 Å². The highest BCUT2D eigenvalue weighted by atomic mass is 19.1. The Bertz CT molecular complexity index is 574. The first-order chi connectivity index (χ1) is 9.51. The van der Waals surface area contributed by atoms with E-state index in [0.717, 1.165) is 24.0 Å². The number of likely N-dealkylation sites (tertiary alicyclic amines) is 1. The van der Waals surface area contributed by atoms with Gasteiger partial charge in [0, 0.05) is 13.0 Å². The molecule has 2 atom stereocenters. The van der Waals surface area contributed by atoms with Gasteiger partial charge >= 0.3 is 5.97 Å². The minimum Gasteiger partial charge on any atom is -0.479 e. The van der Waals surface area contributed by atoms with E-state index in [2.05, 4.69) is 0 Å². The molecule has 0 bridgehead atoms. The first-order valence-electron chi connectivity index (χ1n) is 6.80. The van der Waals surface area contributed by atoms with Gasteiger partial charge in [-0.15, -0.1) is 0 Å². The average Bonchev–Trinajstić information content (AvgIpc) is 3.03. The highest BCUT2D eigenvalue weighted by Crippen LogP contribution is 2.36. The summed E-state index contributed by atoms with van der Waals surface area (Å²) >= 11 is 0. The molecular formula is C15H16FNO3. The molecule has 1 amide bonds. The van der Waals surface area contributed by atoms with E-state index in [4.69, 9.17) is 5.11 Å². The van der Waals surface area contributed by atoms with Crippen LogP contribution in [0.1, 0.15) is 29.9 Å². The molecule has 1 aliphatic heterocycles. The number of benzene rings is 1. The van der Waals surface area contributed by atoms with E-state index in [0.29, 0.717) is 0 Å². The number of aliphatic carboxylic acids is 1. The summed E-state index contributed by atoms with van der Waals surface area (Å²) in [6.45, 7) is -0.153. The highest BCUT2D eigenvalue weighted by molar-refractivity contribution is 5.87. The Morgan fingerprint density at radius 1 is 1.35 bits per heavy atom. The molecule has 1 aromatic rings. The van der Waals surface area contributed by atoms with Crippen LogP contribution in [0.15, 0.2) is 24.3 Å². The predicted molar refractivity (Wildman–Crippen MR) is 70.2 cm³/mol. The predicted octanol–water partition coefficient (Wildman–Crippen LogP) is 1.74. The van der Waals surface area contributed by atoms with E-state index in [9.17, 15) is 14.0 Å². The number of carbonyl (C=O) groups excluding carboxylic acids is 1. The number of amides is 1. The van der Waals surface area contributed by atoms with Crippen LogP contribution in [0, 0.1) is 0 Å². The number of hydrogen-bond donors (Lipinski definition) is 1. The van der Waals surface area contributed by atoms with Gasteiger partial charge in [0.25, 0.3) is 0 Å². The zero-order chi connectivity index (χ0) is 14.3. The molecule has 0 spiro atoms. The number of nitrogens with zero attached hydrogens (tertiary/aromatic N) is 1. The second-order valence-corrected chi connectivity index (χ2v) is 5.57. The maximum Gasteiger partial charge on any atom is 0.343 e. The molecule has 3 rings (SSSR count). The third-order valence-corrected chi connectivity index (χ3v) is 4.35. The summed E-state index contributed by atoms with van der Waals surface area (Å²) in [5.41, 5.74) is -0.118. The molecule has 1 aromatic carbocycles. The van der Waals surface area contributed by atoms with Crippen LogP contribution < -0.4 is 0 Å². The van der Waals surface area contributed by atoms with Crippen molar-refractivity contribution in [3.8, 4) is 0 Å². The van der Waals surface area contributed by atoms with Crippen LogP contribution >= 0.6 is 0 Å². The number of carbonyl (C=O) groups is 2. The van der Waals surface area contributed by atoms with Crippen molar-refractivity contribution in [3.63, 3.8) is 0 Å². The number of rotatable bonds is 2. The van der Waals surface area contributed by atoms with Gasteiger partial charge < -0.3 is 10.0 Å². The fourth-order valence-corrected chi connectivity index (χ4v) is 3.17.